The van der Waals surface area contributed by atoms with Crippen LogP contribution in [0, 0.1) is 17.8 Å². The molecule has 5 nitrogen and oxygen atoms in total. The van der Waals surface area contributed by atoms with E-state index in [0.717, 1.165) is 30.8 Å². The van der Waals surface area contributed by atoms with Crippen molar-refractivity contribution in [2.75, 3.05) is 6.54 Å². The molecule has 6 heteroatoms. The highest BCUT2D eigenvalue weighted by Crippen LogP contribution is 2.52. The Balaban J connectivity index is 1.32. The van der Waals surface area contributed by atoms with E-state index in [1.165, 1.54) is 23.5 Å². The molecule has 3 aromatic rings. The normalized spacial score (nSPS) is 23.5. The molecule has 1 aromatic heterocycles. The summed E-state index contributed by atoms with van der Waals surface area (Å²) in [4.78, 5) is 20.2. The minimum absolute atomic E-state index is 0.105. The van der Waals surface area contributed by atoms with E-state index >= 15 is 0 Å². The molecular formula is C27H31N3O2S. The van der Waals surface area contributed by atoms with Gasteiger partial charge in [-0.2, -0.15) is 9.36 Å². The fraction of sp³-hybridized carbons (Fsp3) is 0.444. The minimum atomic E-state index is 0.105. The summed E-state index contributed by atoms with van der Waals surface area (Å²) in [6.45, 7) is 9.82. The lowest BCUT2D eigenvalue weighted by Crippen LogP contribution is -2.37. The average Bonchev–Trinajstić information content (AvgIpc) is 3.29. The molecule has 0 N–H and O–H groups in total. The van der Waals surface area contributed by atoms with Crippen LogP contribution in [0.1, 0.15) is 67.3 Å². The molecule has 2 atom stereocenters. The quantitative estimate of drug-likeness (QED) is 0.449. The molecule has 1 aliphatic heterocycles. The van der Waals surface area contributed by atoms with Gasteiger partial charge in [0.2, 0.25) is 0 Å². The number of carbonyl (C=O) groups excluding carboxylic acids is 1. The number of likely N-dealkylation sites (tertiary alicyclic amines) is 1. The summed E-state index contributed by atoms with van der Waals surface area (Å²) in [6, 6.07) is 16.2. The number of carbonyl (C=O) groups is 1. The highest BCUT2D eigenvalue weighted by molar-refractivity contribution is 7.07. The Bertz CT molecular complexity index is 1170. The second kappa shape index (κ2) is 8.24. The van der Waals surface area contributed by atoms with Gasteiger partial charge in [-0.25, -0.2) is 0 Å². The Hall–Kier alpha value is -2.73. The summed E-state index contributed by atoms with van der Waals surface area (Å²) in [5.41, 5.74) is 3.31. The maximum atomic E-state index is 13.5. The molecule has 1 saturated carbocycles. The number of hydrogen-bond donors (Lipinski definition) is 0. The molecule has 2 heterocycles. The Morgan fingerprint density at radius 1 is 1.15 bits per heavy atom. The van der Waals surface area contributed by atoms with Gasteiger partial charge in [-0.3, -0.25) is 4.79 Å². The fourth-order valence-corrected chi connectivity index (χ4v) is 6.49. The number of rotatable bonds is 5. The number of fused-ring (bicyclic) bond motifs is 2. The zero-order chi connectivity index (χ0) is 23.2. The fourth-order valence-electron chi connectivity index (χ4n) is 5.93. The van der Waals surface area contributed by atoms with Crippen molar-refractivity contribution < 1.29 is 9.53 Å². The smallest absolute Gasteiger partial charge is 0.298 e. The minimum Gasteiger partial charge on any atom is -0.430 e. The van der Waals surface area contributed by atoms with Crippen LogP contribution < -0.4 is 4.74 Å². The Labute approximate surface area is 200 Å². The van der Waals surface area contributed by atoms with Crippen LogP contribution in [0.3, 0.4) is 0 Å². The van der Waals surface area contributed by atoms with Gasteiger partial charge in [0.15, 0.2) is 5.82 Å². The van der Waals surface area contributed by atoms with Gasteiger partial charge in [0.1, 0.15) is 5.75 Å². The largest absolute Gasteiger partial charge is 0.430 e. The average molecular weight is 462 g/mol. The predicted molar refractivity (Wildman–Crippen MR) is 131 cm³/mol. The van der Waals surface area contributed by atoms with E-state index in [1.54, 1.807) is 0 Å². The first-order valence-electron chi connectivity index (χ1n) is 11.7. The van der Waals surface area contributed by atoms with Crippen LogP contribution in [-0.4, -0.2) is 32.8 Å². The number of benzene rings is 2. The standard InChI is InChI=1S/C27H31N3O2S/c1-18-10-11-20(24(31)30-17-27(4)15-21(30)14-26(2,3)16-27)13-22(18)32-25-28-23(29-33-25)12-19-8-6-5-7-9-19/h5-11,13,21H,12,14-17H2,1-4H3. The van der Waals surface area contributed by atoms with Crippen molar-refractivity contribution in [2.45, 2.75) is 59.4 Å². The van der Waals surface area contributed by atoms with Gasteiger partial charge in [0.25, 0.3) is 11.1 Å². The molecule has 2 aliphatic rings. The van der Waals surface area contributed by atoms with Crippen molar-refractivity contribution in [3.63, 3.8) is 0 Å². The van der Waals surface area contributed by atoms with Gasteiger partial charge in [-0.05, 0) is 60.3 Å². The first-order chi connectivity index (χ1) is 15.7. The molecule has 2 aromatic carbocycles. The predicted octanol–water partition coefficient (Wildman–Crippen LogP) is 6.27. The van der Waals surface area contributed by atoms with E-state index in [4.69, 9.17) is 4.74 Å². The summed E-state index contributed by atoms with van der Waals surface area (Å²) in [5.74, 6) is 1.51. The summed E-state index contributed by atoms with van der Waals surface area (Å²) in [7, 11) is 0. The Kier molecular flexibility index (Phi) is 5.52. The molecule has 33 heavy (non-hydrogen) atoms. The molecule has 172 valence electrons. The molecule has 1 aliphatic carbocycles. The number of ether oxygens (including phenoxy) is 1. The second-order valence-electron chi connectivity index (χ2n) is 10.9. The summed E-state index contributed by atoms with van der Waals surface area (Å²) < 4.78 is 10.5. The molecule has 2 unspecified atom stereocenters. The summed E-state index contributed by atoms with van der Waals surface area (Å²) in [6.07, 6.45) is 4.01. The second-order valence-corrected chi connectivity index (χ2v) is 11.6. The third-order valence-corrected chi connectivity index (χ3v) is 7.60. The topological polar surface area (TPSA) is 55.3 Å². The number of hydrogen-bond acceptors (Lipinski definition) is 5. The van der Waals surface area contributed by atoms with Gasteiger partial charge in [0, 0.05) is 36.1 Å². The summed E-state index contributed by atoms with van der Waals surface area (Å²) in [5, 5.41) is 0.500. The van der Waals surface area contributed by atoms with Crippen molar-refractivity contribution in [2.24, 2.45) is 10.8 Å². The molecule has 5 rings (SSSR count). The van der Waals surface area contributed by atoms with E-state index in [1.807, 2.05) is 43.3 Å². The van der Waals surface area contributed by atoms with Gasteiger partial charge < -0.3 is 9.64 Å². The van der Waals surface area contributed by atoms with Crippen molar-refractivity contribution in [1.82, 2.24) is 14.3 Å². The van der Waals surface area contributed by atoms with Crippen LogP contribution in [0.2, 0.25) is 0 Å². The van der Waals surface area contributed by atoms with Crippen molar-refractivity contribution in [3.8, 4) is 10.9 Å². The zero-order valence-corrected chi connectivity index (χ0v) is 20.6. The molecule has 1 amide bonds. The molecule has 1 saturated heterocycles. The van der Waals surface area contributed by atoms with Crippen LogP contribution in [0.4, 0.5) is 0 Å². The lowest BCUT2D eigenvalue weighted by atomic mass is 9.65. The highest BCUT2D eigenvalue weighted by atomic mass is 32.1. The van der Waals surface area contributed by atoms with E-state index in [2.05, 4.69) is 47.2 Å². The van der Waals surface area contributed by atoms with Crippen LogP contribution in [0.5, 0.6) is 10.9 Å². The Morgan fingerprint density at radius 3 is 2.73 bits per heavy atom. The maximum Gasteiger partial charge on any atom is 0.298 e. The lowest BCUT2D eigenvalue weighted by Gasteiger charge is -2.39. The third kappa shape index (κ3) is 4.67. The lowest BCUT2D eigenvalue weighted by molar-refractivity contribution is 0.0708. The van der Waals surface area contributed by atoms with Crippen LogP contribution in [0.25, 0.3) is 0 Å². The van der Waals surface area contributed by atoms with Gasteiger partial charge >= 0.3 is 0 Å². The first kappa shape index (κ1) is 22.1. The van der Waals surface area contributed by atoms with Crippen molar-refractivity contribution >= 4 is 17.4 Å². The third-order valence-electron chi connectivity index (χ3n) is 6.96. The Morgan fingerprint density at radius 2 is 1.94 bits per heavy atom. The number of nitrogens with zero attached hydrogens (tertiary/aromatic N) is 3. The molecule has 0 spiro atoms. The van der Waals surface area contributed by atoms with Crippen LogP contribution >= 0.6 is 11.5 Å². The SMILES string of the molecule is Cc1ccc(C(=O)N2CC3(C)CC2CC(C)(C)C3)cc1Oc1nc(Cc2ccccc2)ns1. The van der Waals surface area contributed by atoms with Crippen molar-refractivity contribution in [3.05, 3.63) is 71.0 Å². The first-order valence-corrected chi connectivity index (χ1v) is 12.4. The van der Waals surface area contributed by atoms with E-state index in [9.17, 15) is 4.79 Å². The number of aromatic nitrogens is 2. The van der Waals surface area contributed by atoms with Crippen LogP contribution in [-0.2, 0) is 6.42 Å². The van der Waals surface area contributed by atoms with E-state index < -0.39 is 0 Å². The zero-order valence-electron chi connectivity index (χ0n) is 19.8. The number of amides is 1. The number of aryl methyl sites for hydroxylation is 1. The summed E-state index contributed by atoms with van der Waals surface area (Å²) >= 11 is 1.24. The van der Waals surface area contributed by atoms with E-state index in [0.29, 0.717) is 29.0 Å². The van der Waals surface area contributed by atoms with Crippen molar-refractivity contribution in [1.29, 1.82) is 0 Å². The van der Waals surface area contributed by atoms with Gasteiger partial charge in [0.05, 0.1) is 0 Å². The highest BCUT2D eigenvalue weighted by Gasteiger charge is 2.51. The van der Waals surface area contributed by atoms with Gasteiger partial charge in [-0.1, -0.05) is 57.2 Å². The molecule has 2 fully saturated rings. The molecule has 2 bridgehead atoms. The molecular weight excluding hydrogens is 430 g/mol. The maximum absolute atomic E-state index is 13.5. The van der Waals surface area contributed by atoms with Crippen LogP contribution in [0.15, 0.2) is 48.5 Å². The van der Waals surface area contributed by atoms with Gasteiger partial charge in [-0.15, -0.1) is 0 Å². The molecule has 0 radical (unpaired) electrons. The monoisotopic (exact) mass is 461 g/mol. The van der Waals surface area contributed by atoms with E-state index in [-0.39, 0.29) is 16.7 Å².